The van der Waals surface area contributed by atoms with Crippen LogP contribution in [0.1, 0.15) is 15.2 Å². The molecule has 0 unspecified atom stereocenters. The molecule has 0 aliphatic rings. The van der Waals surface area contributed by atoms with Crippen LogP contribution < -0.4 is 5.32 Å². The van der Waals surface area contributed by atoms with Gasteiger partial charge >= 0.3 is 5.91 Å². The predicted molar refractivity (Wildman–Crippen MR) is 116 cm³/mol. The number of hydrogen-bond acceptors (Lipinski definition) is 5. The first-order valence-corrected chi connectivity index (χ1v) is 9.87. The number of nitrogens with one attached hydrogen (secondary N) is 2. The molecule has 3 N–H and O–H groups in total. The summed E-state index contributed by atoms with van der Waals surface area (Å²) in [5, 5.41) is 22.8. The SMILES string of the molecule is O=C(N=Nc1c(O)[nH]c2ccccc12)/C(=C\c1cccs1)NC(=O)c1ccccc1. The molecule has 4 aromatic rings. The molecule has 0 atom stereocenters. The first-order chi connectivity index (χ1) is 14.6. The Morgan fingerprint density at radius 2 is 1.77 bits per heavy atom. The lowest BCUT2D eigenvalue weighted by atomic mass is 10.2. The summed E-state index contributed by atoms with van der Waals surface area (Å²) in [5.41, 5.74) is 1.22. The maximum absolute atomic E-state index is 12.7. The van der Waals surface area contributed by atoms with Crippen molar-refractivity contribution in [1.82, 2.24) is 10.3 Å². The minimum Gasteiger partial charge on any atom is -0.493 e. The molecule has 4 rings (SSSR count). The van der Waals surface area contributed by atoms with E-state index in [2.05, 4.69) is 20.5 Å². The molecule has 0 aliphatic carbocycles. The van der Waals surface area contributed by atoms with E-state index in [4.69, 9.17) is 0 Å². The number of benzene rings is 2. The second-order valence-corrected chi connectivity index (χ2v) is 7.25. The molecule has 0 aliphatic heterocycles. The summed E-state index contributed by atoms with van der Waals surface area (Å²) >= 11 is 1.41. The number of thiophene rings is 1. The summed E-state index contributed by atoms with van der Waals surface area (Å²) in [6, 6.07) is 19.3. The van der Waals surface area contributed by atoms with Crippen molar-refractivity contribution in [2.45, 2.75) is 0 Å². The maximum Gasteiger partial charge on any atom is 0.311 e. The zero-order chi connectivity index (χ0) is 20.9. The number of hydrogen-bond donors (Lipinski definition) is 3. The molecule has 0 spiro atoms. The van der Waals surface area contributed by atoms with Crippen LogP contribution >= 0.6 is 11.3 Å². The van der Waals surface area contributed by atoms with Gasteiger partial charge in [-0.3, -0.25) is 9.59 Å². The number of aromatic amines is 1. The largest absolute Gasteiger partial charge is 0.493 e. The van der Waals surface area contributed by atoms with Crippen molar-refractivity contribution >= 4 is 45.8 Å². The Morgan fingerprint density at radius 1 is 1.00 bits per heavy atom. The number of aromatic hydroxyl groups is 1. The summed E-state index contributed by atoms with van der Waals surface area (Å²) in [7, 11) is 0. The lowest BCUT2D eigenvalue weighted by Gasteiger charge is -2.06. The van der Waals surface area contributed by atoms with Crippen molar-refractivity contribution in [2.75, 3.05) is 0 Å². The Kier molecular flexibility index (Phi) is 5.49. The van der Waals surface area contributed by atoms with Crippen molar-refractivity contribution < 1.29 is 14.7 Å². The molecule has 2 aromatic carbocycles. The molecule has 148 valence electrons. The Hall–Kier alpha value is -4.04. The van der Waals surface area contributed by atoms with Crippen LogP contribution in [0.5, 0.6) is 5.88 Å². The summed E-state index contributed by atoms with van der Waals surface area (Å²) < 4.78 is 0. The number of azo groups is 1. The third-order valence-corrected chi connectivity index (χ3v) is 5.06. The van der Waals surface area contributed by atoms with Gasteiger partial charge in [0.05, 0.1) is 5.52 Å². The highest BCUT2D eigenvalue weighted by atomic mass is 32.1. The van der Waals surface area contributed by atoms with E-state index in [-0.39, 0.29) is 17.3 Å². The fraction of sp³-hybridized carbons (Fsp3) is 0. The third kappa shape index (κ3) is 4.18. The van der Waals surface area contributed by atoms with Crippen LogP contribution in [0.2, 0.25) is 0 Å². The highest BCUT2D eigenvalue weighted by Gasteiger charge is 2.16. The highest BCUT2D eigenvalue weighted by Crippen LogP contribution is 2.35. The van der Waals surface area contributed by atoms with Crippen LogP contribution in [0.4, 0.5) is 5.69 Å². The van der Waals surface area contributed by atoms with E-state index >= 15 is 0 Å². The minimum absolute atomic E-state index is 0.0191. The van der Waals surface area contributed by atoms with Crippen molar-refractivity contribution in [1.29, 1.82) is 0 Å². The predicted octanol–water partition coefficient (Wildman–Crippen LogP) is 5.02. The summed E-state index contributed by atoms with van der Waals surface area (Å²) in [4.78, 5) is 28.8. The zero-order valence-electron chi connectivity index (χ0n) is 15.6. The molecule has 0 saturated heterocycles. The third-order valence-electron chi connectivity index (χ3n) is 4.24. The van der Waals surface area contributed by atoms with Crippen LogP contribution in [0.25, 0.3) is 17.0 Å². The van der Waals surface area contributed by atoms with Gasteiger partial charge in [-0.2, -0.15) is 0 Å². The monoisotopic (exact) mass is 416 g/mol. The Labute approximate surface area is 175 Å². The highest BCUT2D eigenvalue weighted by molar-refractivity contribution is 7.10. The van der Waals surface area contributed by atoms with Crippen LogP contribution in [0.3, 0.4) is 0 Å². The maximum atomic E-state index is 12.7. The van der Waals surface area contributed by atoms with Gasteiger partial charge in [0.25, 0.3) is 5.91 Å². The Morgan fingerprint density at radius 3 is 2.53 bits per heavy atom. The van der Waals surface area contributed by atoms with E-state index < -0.39 is 11.8 Å². The van der Waals surface area contributed by atoms with Crippen LogP contribution in [0.15, 0.2) is 88.0 Å². The van der Waals surface area contributed by atoms with Gasteiger partial charge in [0, 0.05) is 15.8 Å². The van der Waals surface area contributed by atoms with E-state index in [1.807, 2.05) is 23.6 Å². The number of para-hydroxylation sites is 1. The Balaban J connectivity index is 1.63. The zero-order valence-corrected chi connectivity index (χ0v) is 16.4. The standard InChI is InChI=1S/C22H16N4O3S/c27-20(14-7-2-1-3-8-14)24-18(13-15-9-6-12-30-15)21(28)26-25-19-16-10-4-5-11-17(16)23-22(19)29/h1-13,23,29H,(H,24,27)/b18-13+,26-25?. The lowest BCUT2D eigenvalue weighted by molar-refractivity contribution is -0.115. The first kappa shape index (κ1) is 19.3. The van der Waals surface area contributed by atoms with E-state index in [1.54, 1.807) is 54.6 Å². The molecule has 0 radical (unpaired) electrons. The molecule has 0 bridgehead atoms. The molecule has 0 fully saturated rings. The van der Waals surface area contributed by atoms with Gasteiger partial charge in [0.1, 0.15) is 5.70 Å². The lowest BCUT2D eigenvalue weighted by Crippen LogP contribution is -2.26. The van der Waals surface area contributed by atoms with Crippen molar-refractivity contribution in [2.24, 2.45) is 10.2 Å². The first-order valence-electron chi connectivity index (χ1n) is 8.99. The fourth-order valence-electron chi connectivity index (χ4n) is 2.81. The van der Waals surface area contributed by atoms with Gasteiger partial charge in [-0.25, -0.2) is 0 Å². The van der Waals surface area contributed by atoms with Gasteiger partial charge in [0.15, 0.2) is 5.69 Å². The number of carbonyl (C=O) groups is 2. The summed E-state index contributed by atoms with van der Waals surface area (Å²) in [5.74, 6) is -1.36. The van der Waals surface area contributed by atoms with Crippen molar-refractivity contribution in [3.63, 3.8) is 0 Å². The number of aromatic nitrogens is 1. The average molecular weight is 416 g/mol. The molecule has 30 heavy (non-hydrogen) atoms. The van der Waals surface area contributed by atoms with E-state index in [1.165, 1.54) is 11.3 Å². The molecule has 2 amide bonds. The molecular weight excluding hydrogens is 400 g/mol. The summed E-state index contributed by atoms with van der Waals surface area (Å²) in [6.45, 7) is 0. The van der Waals surface area contributed by atoms with E-state index in [9.17, 15) is 14.7 Å². The number of H-pyrrole nitrogens is 1. The second kappa shape index (κ2) is 8.54. The number of amides is 2. The average Bonchev–Trinajstić information content (AvgIpc) is 3.39. The number of nitrogens with zero attached hydrogens (tertiary/aromatic N) is 2. The minimum atomic E-state index is -0.739. The van der Waals surface area contributed by atoms with Gasteiger partial charge in [-0.05, 0) is 35.7 Å². The molecule has 2 aromatic heterocycles. The van der Waals surface area contributed by atoms with Gasteiger partial charge < -0.3 is 15.4 Å². The van der Waals surface area contributed by atoms with Crippen LogP contribution in [-0.4, -0.2) is 21.9 Å². The number of fused-ring (bicyclic) bond motifs is 1. The van der Waals surface area contributed by atoms with Crippen molar-refractivity contribution in [3.8, 4) is 5.88 Å². The van der Waals surface area contributed by atoms with Crippen LogP contribution in [-0.2, 0) is 4.79 Å². The molecule has 0 saturated carbocycles. The Bertz CT molecular complexity index is 1260. The number of rotatable bonds is 5. The topological polar surface area (TPSA) is 107 Å². The summed E-state index contributed by atoms with van der Waals surface area (Å²) in [6.07, 6.45) is 1.54. The van der Waals surface area contributed by atoms with Crippen LogP contribution in [0, 0.1) is 0 Å². The molecule has 2 heterocycles. The molecule has 7 nitrogen and oxygen atoms in total. The van der Waals surface area contributed by atoms with Crippen molar-refractivity contribution in [3.05, 3.63) is 88.2 Å². The quantitative estimate of drug-likeness (QED) is 0.314. The molecular formula is C22H16N4O3S. The van der Waals surface area contributed by atoms with E-state index in [0.717, 1.165) is 4.88 Å². The van der Waals surface area contributed by atoms with Gasteiger partial charge in [-0.15, -0.1) is 21.6 Å². The number of carbonyl (C=O) groups excluding carboxylic acids is 2. The fourth-order valence-corrected chi connectivity index (χ4v) is 3.47. The van der Waals surface area contributed by atoms with Gasteiger partial charge in [-0.1, -0.05) is 42.5 Å². The second-order valence-electron chi connectivity index (χ2n) is 6.27. The van der Waals surface area contributed by atoms with Gasteiger partial charge in [0.2, 0.25) is 5.88 Å². The molecule has 8 heteroatoms. The van der Waals surface area contributed by atoms with E-state index in [0.29, 0.717) is 16.5 Å². The smallest absolute Gasteiger partial charge is 0.311 e. The normalized spacial score (nSPS) is 11.8.